The first kappa shape index (κ1) is 17.4. The number of carbonyl (C=O) groups is 1. The Hall–Kier alpha value is -1.63. The molecule has 0 saturated heterocycles. The van der Waals surface area contributed by atoms with E-state index in [1.165, 1.54) is 6.07 Å². The van der Waals surface area contributed by atoms with Crippen molar-refractivity contribution in [1.29, 1.82) is 0 Å². The minimum atomic E-state index is -4.69. The molecule has 1 heterocycles. The quantitative estimate of drug-likeness (QED) is 0.879. The first-order valence-corrected chi connectivity index (χ1v) is 6.60. The Morgan fingerprint density at radius 2 is 2.10 bits per heavy atom. The first-order chi connectivity index (χ1) is 9.62. The highest BCUT2D eigenvalue weighted by Crippen LogP contribution is 2.30. The number of aromatic nitrogens is 1. The number of pyridine rings is 1. The molecule has 7 heteroatoms. The Bertz CT molecular complexity index is 503. The van der Waals surface area contributed by atoms with Crippen molar-refractivity contribution in [2.24, 2.45) is 5.41 Å². The lowest BCUT2D eigenvalue weighted by molar-refractivity contribution is -0.141. The highest BCUT2D eigenvalue weighted by molar-refractivity contribution is 5.95. The molecule has 0 unspecified atom stereocenters. The summed E-state index contributed by atoms with van der Waals surface area (Å²) < 4.78 is 38.4. The van der Waals surface area contributed by atoms with Crippen LogP contribution in [-0.2, 0) is 6.18 Å². The maximum atomic E-state index is 12.8. The van der Waals surface area contributed by atoms with Crippen molar-refractivity contribution in [3.63, 3.8) is 0 Å². The number of hydrogen-bond donors (Lipinski definition) is 2. The van der Waals surface area contributed by atoms with Crippen LogP contribution in [0.1, 0.15) is 43.2 Å². The lowest BCUT2D eigenvalue weighted by Gasteiger charge is -2.31. The predicted molar refractivity (Wildman–Crippen MR) is 71.7 cm³/mol. The normalized spacial score (nSPS) is 16.1. The maximum absolute atomic E-state index is 12.8. The SMILES string of the molecule is CC[C@](C)(CNC(=O)c1cccnc1C(F)(F)F)[C@H](C)O. The van der Waals surface area contributed by atoms with E-state index in [2.05, 4.69) is 10.3 Å². The fourth-order valence-corrected chi connectivity index (χ4v) is 1.76. The molecule has 0 aromatic carbocycles. The van der Waals surface area contributed by atoms with E-state index >= 15 is 0 Å². The molecule has 21 heavy (non-hydrogen) atoms. The number of aliphatic hydroxyl groups is 1. The topological polar surface area (TPSA) is 62.2 Å². The minimum absolute atomic E-state index is 0.0756. The van der Waals surface area contributed by atoms with E-state index in [4.69, 9.17) is 0 Å². The van der Waals surface area contributed by atoms with Crippen LogP contribution in [-0.4, -0.2) is 28.6 Å². The second kappa shape index (κ2) is 6.43. The minimum Gasteiger partial charge on any atom is -0.393 e. The second-order valence-electron chi connectivity index (χ2n) is 5.26. The highest BCUT2D eigenvalue weighted by atomic mass is 19.4. The lowest BCUT2D eigenvalue weighted by atomic mass is 9.82. The molecule has 1 aromatic heterocycles. The van der Waals surface area contributed by atoms with Crippen molar-refractivity contribution < 1.29 is 23.1 Å². The molecular formula is C14H19F3N2O2. The monoisotopic (exact) mass is 304 g/mol. The number of aliphatic hydroxyl groups excluding tert-OH is 1. The standard InChI is InChI=1S/C14H19F3N2O2/c1-4-13(3,9(2)20)8-19-12(21)10-6-5-7-18-11(10)14(15,16)17/h5-7,9,20H,4,8H2,1-3H3,(H,19,21)/t9-,13+/m0/s1. The van der Waals surface area contributed by atoms with Gasteiger partial charge in [0.05, 0.1) is 11.7 Å². The Labute approximate surface area is 121 Å². The molecule has 1 rings (SSSR count). The number of carbonyl (C=O) groups excluding carboxylic acids is 1. The third kappa shape index (κ3) is 4.17. The van der Waals surface area contributed by atoms with Crippen molar-refractivity contribution >= 4 is 5.91 Å². The molecule has 0 saturated carbocycles. The van der Waals surface area contributed by atoms with Crippen LogP contribution < -0.4 is 5.32 Å². The van der Waals surface area contributed by atoms with Gasteiger partial charge in [-0.15, -0.1) is 0 Å². The van der Waals surface area contributed by atoms with E-state index in [1.54, 1.807) is 13.8 Å². The van der Waals surface area contributed by atoms with Gasteiger partial charge >= 0.3 is 6.18 Å². The van der Waals surface area contributed by atoms with Crippen LogP contribution >= 0.6 is 0 Å². The van der Waals surface area contributed by atoms with Gasteiger partial charge in [-0.3, -0.25) is 9.78 Å². The van der Waals surface area contributed by atoms with E-state index in [1.807, 2.05) is 6.92 Å². The molecule has 0 fully saturated rings. The summed E-state index contributed by atoms with van der Waals surface area (Å²) in [6.45, 7) is 5.25. The molecule has 0 aliphatic heterocycles. The van der Waals surface area contributed by atoms with E-state index in [0.717, 1.165) is 12.3 Å². The summed E-state index contributed by atoms with van der Waals surface area (Å²) >= 11 is 0. The number of amides is 1. The van der Waals surface area contributed by atoms with Crippen LogP contribution in [0.2, 0.25) is 0 Å². The number of nitrogens with one attached hydrogen (secondary N) is 1. The summed E-state index contributed by atoms with van der Waals surface area (Å²) in [6.07, 6.45) is -3.82. The Morgan fingerprint density at radius 3 is 2.57 bits per heavy atom. The van der Waals surface area contributed by atoms with Crippen molar-refractivity contribution in [1.82, 2.24) is 10.3 Å². The largest absolute Gasteiger partial charge is 0.434 e. The zero-order valence-electron chi connectivity index (χ0n) is 12.2. The summed E-state index contributed by atoms with van der Waals surface area (Å²) in [6, 6.07) is 2.36. The zero-order valence-corrected chi connectivity index (χ0v) is 12.2. The maximum Gasteiger partial charge on any atom is 0.434 e. The fourth-order valence-electron chi connectivity index (χ4n) is 1.76. The molecule has 2 atom stereocenters. The summed E-state index contributed by atoms with van der Waals surface area (Å²) in [5.41, 5.74) is -2.33. The van der Waals surface area contributed by atoms with E-state index in [0.29, 0.717) is 6.42 Å². The molecule has 0 aliphatic carbocycles. The van der Waals surface area contributed by atoms with Gasteiger partial charge in [0, 0.05) is 18.2 Å². The average Bonchev–Trinajstić information content (AvgIpc) is 2.43. The summed E-state index contributed by atoms with van der Waals surface area (Å²) in [7, 11) is 0. The van der Waals surface area contributed by atoms with E-state index in [-0.39, 0.29) is 6.54 Å². The third-order valence-electron chi connectivity index (χ3n) is 3.79. The number of rotatable bonds is 5. The summed E-state index contributed by atoms with van der Waals surface area (Å²) in [5, 5.41) is 12.1. The summed E-state index contributed by atoms with van der Waals surface area (Å²) in [4.78, 5) is 15.2. The van der Waals surface area contributed by atoms with E-state index in [9.17, 15) is 23.1 Å². The second-order valence-corrected chi connectivity index (χ2v) is 5.26. The van der Waals surface area contributed by atoms with Crippen LogP contribution in [0.5, 0.6) is 0 Å². The zero-order chi connectivity index (χ0) is 16.3. The third-order valence-corrected chi connectivity index (χ3v) is 3.79. The van der Waals surface area contributed by atoms with Gasteiger partial charge in [0.25, 0.3) is 5.91 Å². The Balaban J connectivity index is 2.92. The molecule has 0 spiro atoms. The fraction of sp³-hybridized carbons (Fsp3) is 0.571. The van der Waals surface area contributed by atoms with Gasteiger partial charge in [0.1, 0.15) is 0 Å². The van der Waals surface area contributed by atoms with Gasteiger partial charge in [-0.25, -0.2) is 0 Å². The lowest BCUT2D eigenvalue weighted by Crippen LogP contribution is -2.42. The molecule has 1 amide bonds. The molecule has 0 bridgehead atoms. The number of hydrogen-bond acceptors (Lipinski definition) is 3. The van der Waals surface area contributed by atoms with Crippen molar-refractivity contribution in [2.75, 3.05) is 6.54 Å². The Kier molecular flexibility index (Phi) is 5.33. The van der Waals surface area contributed by atoms with E-state index < -0.39 is 34.9 Å². The van der Waals surface area contributed by atoms with Crippen molar-refractivity contribution in [3.8, 4) is 0 Å². The van der Waals surface area contributed by atoms with Crippen LogP contribution in [0, 0.1) is 5.41 Å². The molecule has 0 radical (unpaired) electrons. The van der Waals surface area contributed by atoms with Crippen molar-refractivity contribution in [3.05, 3.63) is 29.6 Å². The van der Waals surface area contributed by atoms with Gasteiger partial charge in [0.15, 0.2) is 5.69 Å². The van der Waals surface area contributed by atoms with Crippen molar-refractivity contribution in [2.45, 2.75) is 39.5 Å². The molecule has 0 aliphatic rings. The average molecular weight is 304 g/mol. The smallest absolute Gasteiger partial charge is 0.393 e. The van der Waals surface area contributed by atoms with Gasteiger partial charge < -0.3 is 10.4 Å². The van der Waals surface area contributed by atoms with Gasteiger partial charge in [-0.05, 0) is 25.5 Å². The van der Waals surface area contributed by atoms with Gasteiger partial charge in [-0.1, -0.05) is 13.8 Å². The predicted octanol–water partition coefficient (Wildman–Crippen LogP) is 2.63. The molecular weight excluding hydrogens is 285 g/mol. The first-order valence-electron chi connectivity index (χ1n) is 6.60. The van der Waals surface area contributed by atoms with Crippen LogP contribution in [0.4, 0.5) is 13.2 Å². The number of halogens is 3. The summed E-state index contributed by atoms with van der Waals surface area (Å²) in [5.74, 6) is -0.851. The highest BCUT2D eigenvalue weighted by Gasteiger charge is 2.37. The van der Waals surface area contributed by atoms with Crippen LogP contribution in [0.15, 0.2) is 18.3 Å². The molecule has 4 nitrogen and oxygen atoms in total. The van der Waals surface area contributed by atoms with Crippen LogP contribution in [0.3, 0.4) is 0 Å². The number of nitrogens with zero attached hydrogens (tertiary/aromatic N) is 1. The number of alkyl halides is 3. The Morgan fingerprint density at radius 1 is 1.48 bits per heavy atom. The molecule has 2 N–H and O–H groups in total. The van der Waals surface area contributed by atoms with Gasteiger partial charge in [-0.2, -0.15) is 13.2 Å². The molecule has 1 aromatic rings. The van der Waals surface area contributed by atoms with Gasteiger partial charge in [0.2, 0.25) is 0 Å². The van der Waals surface area contributed by atoms with Crippen LogP contribution in [0.25, 0.3) is 0 Å². The molecule has 118 valence electrons.